The summed E-state index contributed by atoms with van der Waals surface area (Å²) in [7, 11) is -2.15. The van der Waals surface area contributed by atoms with Crippen molar-refractivity contribution in [3.05, 3.63) is 54.6 Å². The van der Waals surface area contributed by atoms with Crippen LogP contribution in [0, 0.1) is 5.92 Å². The van der Waals surface area contributed by atoms with Crippen LogP contribution >= 0.6 is 0 Å². The van der Waals surface area contributed by atoms with E-state index in [9.17, 15) is 13.2 Å². The van der Waals surface area contributed by atoms with Crippen LogP contribution in [0.15, 0.2) is 59.5 Å². The van der Waals surface area contributed by atoms with Gasteiger partial charge in [-0.2, -0.15) is 4.31 Å². The van der Waals surface area contributed by atoms with Crippen molar-refractivity contribution in [1.29, 1.82) is 0 Å². The number of sulfonamides is 1. The third-order valence-corrected chi connectivity index (χ3v) is 6.63. The van der Waals surface area contributed by atoms with E-state index < -0.39 is 21.9 Å². The molecular weight excluding hydrogens is 394 g/mol. The zero-order valence-electron chi connectivity index (χ0n) is 16.3. The number of benzene rings is 2. The molecular formula is C21H25NO6S. The van der Waals surface area contributed by atoms with Gasteiger partial charge in [0.05, 0.1) is 17.9 Å². The summed E-state index contributed by atoms with van der Waals surface area (Å²) < 4.78 is 43.0. The SMILES string of the molecule is COc1ccc(S(=O)(=O)N2CCCC(C(=O)OCCOc3ccccc3)C2)cc1. The van der Waals surface area contributed by atoms with Crippen LogP contribution in [0.25, 0.3) is 0 Å². The fourth-order valence-electron chi connectivity index (χ4n) is 3.19. The Hall–Kier alpha value is -2.58. The zero-order chi connectivity index (χ0) is 20.7. The molecule has 3 rings (SSSR count). The minimum atomic E-state index is -3.67. The third kappa shape index (κ3) is 5.48. The van der Waals surface area contributed by atoms with Gasteiger partial charge in [0.1, 0.15) is 24.7 Å². The van der Waals surface area contributed by atoms with Crippen molar-refractivity contribution in [3.8, 4) is 11.5 Å². The Kier molecular flexibility index (Phi) is 7.11. The first-order chi connectivity index (χ1) is 14.0. The molecule has 0 N–H and O–H groups in total. The van der Waals surface area contributed by atoms with E-state index in [0.717, 1.165) is 0 Å². The second kappa shape index (κ2) is 9.76. The normalized spacial score (nSPS) is 17.5. The van der Waals surface area contributed by atoms with Gasteiger partial charge in [-0.05, 0) is 49.2 Å². The van der Waals surface area contributed by atoms with E-state index >= 15 is 0 Å². The molecule has 1 fully saturated rings. The molecule has 1 unspecified atom stereocenters. The van der Waals surface area contributed by atoms with Crippen molar-refractivity contribution in [2.45, 2.75) is 17.7 Å². The van der Waals surface area contributed by atoms with Crippen molar-refractivity contribution in [3.63, 3.8) is 0 Å². The van der Waals surface area contributed by atoms with Crippen LogP contribution in [-0.4, -0.2) is 52.1 Å². The number of methoxy groups -OCH3 is 1. The van der Waals surface area contributed by atoms with E-state index in [1.54, 1.807) is 12.1 Å². The van der Waals surface area contributed by atoms with Crippen LogP contribution < -0.4 is 9.47 Å². The van der Waals surface area contributed by atoms with Crippen LogP contribution in [0.4, 0.5) is 0 Å². The van der Waals surface area contributed by atoms with Gasteiger partial charge in [-0.1, -0.05) is 18.2 Å². The summed E-state index contributed by atoms with van der Waals surface area (Å²) in [6.45, 7) is 0.869. The smallest absolute Gasteiger partial charge is 0.310 e. The van der Waals surface area contributed by atoms with Crippen LogP contribution in [0.5, 0.6) is 11.5 Å². The van der Waals surface area contributed by atoms with Gasteiger partial charge >= 0.3 is 5.97 Å². The van der Waals surface area contributed by atoms with Crippen molar-refractivity contribution >= 4 is 16.0 Å². The summed E-state index contributed by atoms with van der Waals surface area (Å²) in [5, 5.41) is 0. The van der Waals surface area contributed by atoms with Gasteiger partial charge < -0.3 is 14.2 Å². The molecule has 1 aliphatic rings. The number of carbonyl (C=O) groups is 1. The highest BCUT2D eigenvalue weighted by atomic mass is 32.2. The molecule has 7 nitrogen and oxygen atoms in total. The summed E-state index contributed by atoms with van der Waals surface area (Å²) in [4.78, 5) is 12.6. The predicted octanol–water partition coefficient (Wildman–Crippen LogP) is 2.72. The number of piperidine rings is 1. The number of rotatable bonds is 8. The predicted molar refractivity (Wildman–Crippen MR) is 107 cm³/mol. The Balaban J connectivity index is 1.52. The number of ether oxygens (including phenoxy) is 3. The second-order valence-electron chi connectivity index (χ2n) is 6.71. The first-order valence-corrected chi connectivity index (χ1v) is 10.9. The Morgan fingerprint density at radius 2 is 1.76 bits per heavy atom. The average Bonchev–Trinajstić information content (AvgIpc) is 2.77. The van der Waals surface area contributed by atoms with E-state index in [0.29, 0.717) is 30.9 Å². The summed E-state index contributed by atoms with van der Waals surface area (Å²) in [5.41, 5.74) is 0. The molecule has 0 aromatic heterocycles. The summed E-state index contributed by atoms with van der Waals surface area (Å²) >= 11 is 0. The molecule has 1 aliphatic heterocycles. The maximum atomic E-state index is 12.9. The number of carbonyl (C=O) groups excluding carboxylic acids is 1. The van der Waals surface area contributed by atoms with Crippen LogP contribution in [0.1, 0.15) is 12.8 Å². The number of para-hydroxylation sites is 1. The molecule has 0 aliphatic carbocycles. The molecule has 2 aromatic rings. The summed E-state index contributed by atoms with van der Waals surface area (Å²) in [6.07, 6.45) is 1.21. The Bertz CT molecular complexity index is 899. The minimum Gasteiger partial charge on any atom is -0.497 e. The van der Waals surface area contributed by atoms with Crippen LogP contribution in [0.3, 0.4) is 0 Å². The van der Waals surface area contributed by atoms with Crippen LogP contribution in [0.2, 0.25) is 0 Å². The third-order valence-electron chi connectivity index (χ3n) is 4.75. The summed E-state index contributed by atoms with van der Waals surface area (Å²) in [6, 6.07) is 15.5. The number of nitrogens with zero attached hydrogens (tertiary/aromatic N) is 1. The molecule has 0 saturated carbocycles. The molecule has 0 spiro atoms. The van der Waals surface area contributed by atoms with Gasteiger partial charge in [-0.25, -0.2) is 8.42 Å². The van der Waals surface area contributed by atoms with Crippen molar-refractivity contribution in [2.75, 3.05) is 33.4 Å². The Morgan fingerprint density at radius 3 is 2.45 bits per heavy atom. The lowest BCUT2D eigenvalue weighted by molar-refractivity contribution is -0.150. The first-order valence-electron chi connectivity index (χ1n) is 9.49. The highest BCUT2D eigenvalue weighted by Gasteiger charge is 2.34. The maximum absolute atomic E-state index is 12.9. The zero-order valence-corrected chi connectivity index (χ0v) is 17.1. The molecule has 8 heteroatoms. The number of esters is 1. The van der Waals surface area contributed by atoms with Gasteiger partial charge in [0.25, 0.3) is 0 Å². The lowest BCUT2D eigenvalue weighted by atomic mass is 10.0. The van der Waals surface area contributed by atoms with Crippen LogP contribution in [-0.2, 0) is 19.6 Å². The largest absolute Gasteiger partial charge is 0.497 e. The van der Waals surface area contributed by atoms with Crippen molar-refractivity contribution in [1.82, 2.24) is 4.31 Å². The minimum absolute atomic E-state index is 0.118. The Morgan fingerprint density at radius 1 is 1.03 bits per heavy atom. The van der Waals surface area contributed by atoms with E-state index in [1.807, 2.05) is 30.3 Å². The van der Waals surface area contributed by atoms with Crippen molar-refractivity contribution in [2.24, 2.45) is 5.92 Å². The topological polar surface area (TPSA) is 82.1 Å². The highest BCUT2D eigenvalue weighted by molar-refractivity contribution is 7.89. The first kappa shape index (κ1) is 21.1. The molecule has 1 heterocycles. The molecule has 2 aromatic carbocycles. The van der Waals surface area contributed by atoms with Gasteiger partial charge in [0.15, 0.2) is 0 Å². The monoisotopic (exact) mass is 419 g/mol. The molecule has 0 radical (unpaired) electrons. The Labute approximate surface area is 171 Å². The van der Waals surface area contributed by atoms with Crippen molar-refractivity contribution < 1.29 is 27.4 Å². The van der Waals surface area contributed by atoms with E-state index in [-0.39, 0.29) is 24.7 Å². The maximum Gasteiger partial charge on any atom is 0.310 e. The number of hydrogen-bond donors (Lipinski definition) is 0. The van der Waals surface area contributed by atoms with E-state index in [2.05, 4.69) is 0 Å². The lowest BCUT2D eigenvalue weighted by Gasteiger charge is -2.30. The highest BCUT2D eigenvalue weighted by Crippen LogP contribution is 2.25. The molecule has 1 atom stereocenters. The number of hydrogen-bond acceptors (Lipinski definition) is 6. The second-order valence-corrected chi connectivity index (χ2v) is 8.64. The fraction of sp³-hybridized carbons (Fsp3) is 0.381. The average molecular weight is 419 g/mol. The van der Waals surface area contributed by atoms with E-state index in [4.69, 9.17) is 14.2 Å². The molecule has 0 bridgehead atoms. The van der Waals surface area contributed by atoms with E-state index in [1.165, 1.54) is 23.5 Å². The summed E-state index contributed by atoms with van der Waals surface area (Å²) in [5.74, 6) is 0.421. The lowest BCUT2D eigenvalue weighted by Crippen LogP contribution is -2.42. The van der Waals surface area contributed by atoms with Gasteiger partial charge in [0, 0.05) is 13.1 Å². The standard InChI is InChI=1S/C21H25NO6S/c1-26-18-9-11-20(12-10-18)29(24,25)22-13-5-6-17(16-22)21(23)28-15-14-27-19-7-3-2-4-8-19/h2-4,7-12,17H,5-6,13-16H2,1H3. The quantitative estimate of drug-likeness (QED) is 0.483. The molecule has 0 amide bonds. The molecule has 1 saturated heterocycles. The fourth-order valence-corrected chi connectivity index (χ4v) is 4.71. The molecule has 29 heavy (non-hydrogen) atoms. The van der Waals surface area contributed by atoms with Gasteiger partial charge in [0.2, 0.25) is 10.0 Å². The molecule has 156 valence electrons. The van der Waals surface area contributed by atoms with Gasteiger partial charge in [-0.15, -0.1) is 0 Å². The van der Waals surface area contributed by atoms with Gasteiger partial charge in [-0.3, -0.25) is 4.79 Å².